The number of para-hydroxylation sites is 1. The molecule has 1 aliphatic carbocycles. The van der Waals surface area contributed by atoms with Gasteiger partial charge in [0.15, 0.2) is 0 Å². The molecular formula is C27H22N2O. The van der Waals surface area contributed by atoms with E-state index in [0.717, 1.165) is 33.3 Å². The van der Waals surface area contributed by atoms with Gasteiger partial charge in [-0.25, -0.2) is 5.84 Å². The van der Waals surface area contributed by atoms with E-state index in [-0.39, 0.29) is 5.41 Å². The Kier molecular flexibility index (Phi) is 3.45. The van der Waals surface area contributed by atoms with Crippen LogP contribution in [0.2, 0.25) is 0 Å². The molecule has 3 nitrogen and oxygen atoms in total. The summed E-state index contributed by atoms with van der Waals surface area (Å²) in [6.07, 6.45) is 0. The van der Waals surface area contributed by atoms with Crippen LogP contribution in [0.4, 0.5) is 11.4 Å². The second kappa shape index (κ2) is 5.97. The number of rotatable bonds is 2. The largest absolute Gasteiger partial charge is 0.456 e. The van der Waals surface area contributed by atoms with E-state index in [2.05, 4.69) is 74.5 Å². The maximum Gasteiger partial charge on any atom is 0.137 e. The summed E-state index contributed by atoms with van der Waals surface area (Å²) in [5, 5.41) is 3.97. The van der Waals surface area contributed by atoms with Crippen molar-refractivity contribution in [1.82, 2.24) is 0 Å². The molecule has 1 aliphatic rings. The number of hydrazine groups is 1. The van der Waals surface area contributed by atoms with Gasteiger partial charge in [0.1, 0.15) is 11.2 Å². The van der Waals surface area contributed by atoms with Crippen molar-refractivity contribution in [2.75, 3.05) is 5.01 Å². The third kappa shape index (κ3) is 2.30. The van der Waals surface area contributed by atoms with E-state index in [1.165, 1.54) is 22.3 Å². The Balaban J connectivity index is 1.44. The Morgan fingerprint density at radius 2 is 1.33 bits per heavy atom. The summed E-state index contributed by atoms with van der Waals surface area (Å²) in [4.78, 5) is 0. The first-order valence-electron chi connectivity index (χ1n) is 10.2. The number of hydrogen-bond donors (Lipinski definition) is 1. The highest BCUT2D eigenvalue weighted by atomic mass is 16.3. The van der Waals surface area contributed by atoms with E-state index in [9.17, 15) is 0 Å². The van der Waals surface area contributed by atoms with E-state index >= 15 is 0 Å². The van der Waals surface area contributed by atoms with E-state index in [4.69, 9.17) is 10.3 Å². The molecule has 0 saturated carbocycles. The average molecular weight is 390 g/mol. The Morgan fingerprint density at radius 1 is 0.667 bits per heavy atom. The summed E-state index contributed by atoms with van der Waals surface area (Å²) in [5.41, 5.74) is 8.83. The van der Waals surface area contributed by atoms with Crippen molar-refractivity contribution >= 4 is 33.3 Å². The summed E-state index contributed by atoms with van der Waals surface area (Å²) >= 11 is 0. The minimum atomic E-state index is -0.0501. The SMILES string of the molecule is CC1(C)c2ccccc2-c2ccc(N(N)c3ccc4c(c3)oc3ccccc34)cc21. The smallest absolute Gasteiger partial charge is 0.137 e. The van der Waals surface area contributed by atoms with Crippen LogP contribution in [-0.4, -0.2) is 0 Å². The van der Waals surface area contributed by atoms with Crippen LogP contribution in [0.1, 0.15) is 25.0 Å². The van der Waals surface area contributed by atoms with Crippen molar-refractivity contribution in [2.24, 2.45) is 5.84 Å². The van der Waals surface area contributed by atoms with Gasteiger partial charge in [-0.3, -0.25) is 5.01 Å². The van der Waals surface area contributed by atoms with Crippen molar-refractivity contribution < 1.29 is 4.42 Å². The third-order valence-electron chi connectivity index (χ3n) is 6.49. The first-order valence-corrected chi connectivity index (χ1v) is 10.2. The van der Waals surface area contributed by atoms with Crippen LogP contribution in [0.5, 0.6) is 0 Å². The Morgan fingerprint density at radius 3 is 2.23 bits per heavy atom. The second-order valence-electron chi connectivity index (χ2n) is 8.55. The molecule has 0 fully saturated rings. The molecule has 4 aromatic carbocycles. The lowest BCUT2D eigenvalue weighted by Crippen LogP contribution is -2.25. The zero-order valence-electron chi connectivity index (χ0n) is 17.0. The first-order chi connectivity index (χ1) is 14.5. The lowest BCUT2D eigenvalue weighted by atomic mass is 9.82. The highest BCUT2D eigenvalue weighted by Crippen LogP contribution is 2.49. The van der Waals surface area contributed by atoms with Gasteiger partial charge in [-0.2, -0.15) is 0 Å². The maximum absolute atomic E-state index is 6.58. The van der Waals surface area contributed by atoms with Gasteiger partial charge in [-0.15, -0.1) is 0 Å². The normalized spacial score (nSPS) is 14.1. The summed E-state index contributed by atoms with van der Waals surface area (Å²) < 4.78 is 6.05. The number of nitrogens with zero attached hydrogens (tertiary/aromatic N) is 1. The first kappa shape index (κ1) is 17.3. The maximum atomic E-state index is 6.58. The fourth-order valence-corrected chi connectivity index (χ4v) is 4.86. The number of benzene rings is 4. The van der Waals surface area contributed by atoms with E-state index in [0.29, 0.717) is 0 Å². The fraction of sp³-hybridized carbons (Fsp3) is 0.111. The Bertz CT molecular complexity index is 1440. The lowest BCUT2D eigenvalue weighted by molar-refractivity contribution is 0.660. The molecule has 0 radical (unpaired) electrons. The molecule has 1 heterocycles. The predicted octanol–water partition coefficient (Wildman–Crippen LogP) is 6.90. The molecular weight excluding hydrogens is 368 g/mol. The Labute approximate surface area is 175 Å². The van der Waals surface area contributed by atoms with E-state index < -0.39 is 0 Å². The van der Waals surface area contributed by atoms with Gasteiger partial charge in [-0.1, -0.05) is 62.4 Å². The molecule has 0 unspecified atom stereocenters. The molecule has 0 atom stereocenters. The molecule has 5 aromatic rings. The summed E-state index contributed by atoms with van der Waals surface area (Å²) in [5.74, 6) is 6.58. The molecule has 6 rings (SSSR count). The van der Waals surface area contributed by atoms with Crippen LogP contribution >= 0.6 is 0 Å². The van der Waals surface area contributed by atoms with Crippen LogP contribution in [-0.2, 0) is 5.41 Å². The Hall–Kier alpha value is -3.56. The van der Waals surface area contributed by atoms with Crippen LogP contribution in [0, 0.1) is 0 Å². The van der Waals surface area contributed by atoms with Gasteiger partial charge in [0, 0.05) is 22.3 Å². The number of anilines is 2. The third-order valence-corrected chi connectivity index (χ3v) is 6.49. The van der Waals surface area contributed by atoms with Crippen molar-refractivity contribution in [2.45, 2.75) is 19.3 Å². The number of hydrogen-bond acceptors (Lipinski definition) is 3. The standard InChI is InChI=1S/C27H22N2O/c1-27(2)23-9-5-3-7-19(23)20-13-11-17(15-24(20)27)29(28)18-12-14-22-21-8-4-6-10-25(21)30-26(22)16-18/h3-16H,28H2,1-2H3. The van der Waals surface area contributed by atoms with Gasteiger partial charge in [0.05, 0.1) is 11.4 Å². The predicted molar refractivity (Wildman–Crippen MR) is 124 cm³/mol. The topological polar surface area (TPSA) is 42.4 Å². The lowest BCUT2D eigenvalue weighted by Gasteiger charge is -2.24. The van der Waals surface area contributed by atoms with Crippen LogP contribution in [0.25, 0.3) is 33.1 Å². The molecule has 0 bridgehead atoms. The molecule has 30 heavy (non-hydrogen) atoms. The molecule has 1 aromatic heterocycles. The minimum absolute atomic E-state index is 0.0501. The number of furan rings is 1. The van der Waals surface area contributed by atoms with Gasteiger partial charge >= 0.3 is 0 Å². The summed E-state index contributed by atoms with van der Waals surface area (Å²) in [6, 6.07) is 29.4. The molecule has 0 spiro atoms. The second-order valence-corrected chi connectivity index (χ2v) is 8.55. The van der Waals surface area contributed by atoms with Crippen molar-refractivity contribution in [1.29, 1.82) is 0 Å². The van der Waals surface area contributed by atoms with Crippen LogP contribution < -0.4 is 10.9 Å². The van der Waals surface area contributed by atoms with E-state index in [1.807, 2.05) is 24.3 Å². The fourth-order valence-electron chi connectivity index (χ4n) is 4.86. The van der Waals surface area contributed by atoms with Crippen LogP contribution in [0.15, 0.2) is 89.3 Å². The highest BCUT2D eigenvalue weighted by molar-refractivity contribution is 6.05. The van der Waals surface area contributed by atoms with E-state index in [1.54, 1.807) is 5.01 Å². The van der Waals surface area contributed by atoms with Crippen LogP contribution in [0.3, 0.4) is 0 Å². The van der Waals surface area contributed by atoms with Crippen molar-refractivity contribution in [3.05, 3.63) is 96.1 Å². The zero-order valence-corrected chi connectivity index (χ0v) is 17.0. The van der Waals surface area contributed by atoms with Gasteiger partial charge in [0.2, 0.25) is 0 Å². The zero-order chi connectivity index (χ0) is 20.5. The van der Waals surface area contributed by atoms with Gasteiger partial charge < -0.3 is 4.42 Å². The molecule has 0 saturated heterocycles. The number of nitrogens with two attached hydrogens (primary N) is 1. The minimum Gasteiger partial charge on any atom is -0.456 e. The molecule has 0 aliphatic heterocycles. The quantitative estimate of drug-likeness (QED) is 0.263. The highest BCUT2D eigenvalue weighted by Gasteiger charge is 2.35. The molecule has 3 heteroatoms. The molecule has 0 amide bonds. The van der Waals surface area contributed by atoms with Gasteiger partial charge in [0.25, 0.3) is 0 Å². The van der Waals surface area contributed by atoms with Gasteiger partial charge in [-0.05, 0) is 52.6 Å². The molecule has 2 N–H and O–H groups in total. The molecule has 146 valence electrons. The van der Waals surface area contributed by atoms with Crippen molar-refractivity contribution in [3.8, 4) is 11.1 Å². The summed E-state index contributed by atoms with van der Waals surface area (Å²) in [6.45, 7) is 4.56. The monoisotopic (exact) mass is 390 g/mol. The average Bonchev–Trinajstić information content (AvgIpc) is 3.26. The summed E-state index contributed by atoms with van der Waals surface area (Å²) in [7, 11) is 0. The number of fused-ring (bicyclic) bond motifs is 6. The van der Waals surface area contributed by atoms with Crippen molar-refractivity contribution in [3.63, 3.8) is 0 Å².